The van der Waals surface area contributed by atoms with Crippen LogP contribution in [0.25, 0.3) is 0 Å². The second-order valence-electron chi connectivity index (χ2n) is 4.65. The van der Waals surface area contributed by atoms with E-state index in [-0.39, 0.29) is 6.42 Å². The smallest absolute Gasteiger partial charge is 0.303 e. The van der Waals surface area contributed by atoms with Gasteiger partial charge >= 0.3 is 5.97 Å². The average molecular weight is 321 g/mol. The van der Waals surface area contributed by atoms with Crippen LogP contribution in [-0.4, -0.2) is 24.3 Å². The van der Waals surface area contributed by atoms with Gasteiger partial charge in [-0.25, -0.2) is 0 Å². The van der Waals surface area contributed by atoms with Gasteiger partial charge in [0, 0.05) is 11.4 Å². The topological polar surface area (TPSA) is 55.8 Å². The number of rotatable bonds is 8. The number of benzene rings is 2. The van der Waals surface area contributed by atoms with Gasteiger partial charge in [0.05, 0.1) is 0 Å². The summed E-state index contributed by atoms with van der Waals surface area (Å²) in [5.74, 6) is 0.608. The lowest BCUT2D eigenvalue weighted by Crippen LogP contribution is -2.10. The van der Waals surface area contributed by atoms with Gasteiger partial charge in [-0.15, -0.1) is 0 Å². The summed E-state index contributed by atoms with van der Waals surface area (Å²) < 4.78 is 11.2. The SMILES string of the molecule is O=C(O)CCc1ccccc1OCCOc1ccc(Cl)cc1. The third kappa shape index (κ3) is 5.30. The Bertz CT molecular complexity index is 610. The molecule has 0 heterocycles. The Kier molecular flexibility index (Phi) is 6.10. The Labute approximate surface area is 134 Å². The van der Waals surface area contributed by atoms with E-state index < -0.39 is 5.97 Å². The van der Waals surface area contributed by atoms with Gasteiger partial charge in [0.2, 0.25) is 0 Å². The van der Waals surface area contributed by atoms with E-state index in [1.165, 1.54) is 0 Å². The van der Waals surface area contributed by atoms with Gasteiger partial charge in [0.15, 0.2) is 0 Å². The molecule has 0 aliphatic rings. The van der Waals surface area contributed by atoms with Crippen molar-refractivity contribution in [2.45, 2.75) is 12.8 Å². The molecule has 2 aromatic rings. The molecule has 116 valence electrons. The number of carboxylic acids is 1. The summed E-state index contributed by atoms with van der Waals surface area (Å²) in [5.41, 5.74) is 0.886. The van der Waals surface area contributed by atoms with Crippen LogP contribution in [0.3, 0.4) is 0 Å². The van der Waals surface area contributed by atoms with Crippen LogP contribution < -0.4 is 9.47 Å². The molecule has 0 saturated carbocycles. The summed E-state index contributed by atoms with van der Waals surface area (Å²) in [6.45, 7) is 0.779. The van der Waals surface area contributed by atoms with E-state index >= 15 is 0 Å². The summed E-state index contributed by atoms with van der Waals surface area (Å²) in [6, 6.07) is 14.6. The van der Waals surface area contributed by atoms with E-state index in [4.69, 9.17) is 26.2 Å². The molecule has 0 saturated heterocycles. The average Bonchev–Trinajstić information content (AvgIpc) is 2.52. The Morgan fingerprint density at radius 3 is 2.41 bits per heavy atom. The molecule has 0 unspecified atom stereocenters. The van der Waals surface area contributed by atoms with Crippen molar-refractivity contribution >= 4 is 17.6 Å². The van der Waals surface area contributed by atoms with Crippen molar-refractivity contribution in [3.05, 3.63) is 59.1 Å². The van der Waals surface area contributed by atoms with E-state index in [2.05, 4.69) is 0 Å². The molecule has 0 aliphatic heterocycles. The molecule has 2 aromatic carbocycles. The van der Waals surface area contributed by atoms with E-state index in [1.54, 1.807) is 24.3 Å². The molecular formula is C17H17ClO4. The minimum absolute atomic E-state index is 0.0850. The Hall–Kier alpha value is -2.20. The van der Waals surface area contributed by atoms with Gasteiger partial charge < -0.3 is 14.6 Å². The highest BCUT2D eigenvalue weighted by molar-refractivity contribution is 6.30. The van der Waals surface area contributed by atoms with Crippen LogP contribution >= 0.6 is 11.6 Å². The summed E-state index contributed by atoms with van der Waals surface area (Å²) in [7, 11) is 0. The minimum atomic E-state index is -0.819. The van der Waals surface area contributed by atoms with E-state index in [0.29, 0.717) is 30.4 Å². The van der Waals surface area contributed by atoms with E-state index in [1.807, 2.05) is 24.3 Å². The monoisotopic (exact) mass is 320 g/mol. The number of halogens is 1. The minimum Gasteiger partial charge on any atom is -0.490 e. The Balaban J connectivity index is 1.81. The normalized spacial score (nSPS) is 10.2. The fourth-order valence-corrected chi connectivity index (χ4v) is 2.06. The van der Waals surface area contributed by atoms with Gasteiger partial charge in [-0.05, 0) is 42.3 Å². The third-order valence-electron chi connectivity index (χ3n) is 3.00. The summed E-state index contributed by atoms with van der Waals surface area (Å²) in [5, 5.41) is 9.42. The highest BCUT2D eigenvalue weighted by Gasteiger charge is 2.05. The van der Waals surface area contributed by atoms with Gasteiger partial charge in [0.25, 0.3) is 0 Å². The lowest BCUT2D eigenvalue weighted by atomic mass is 10.1. The molecule has 0 spiro atoms. The summed E-state index contributed by atoms with van der Waals surface area (Å²) in [6.07, 6.45) is 0.533. The molecule has 4 nitrogen and oxygen atoms in total. The first kappa shape index (κ1) is 16.2. The first-order valence-electron chi connectivity index (χ1n) is 6.96. The Morgan fingerprint density at radius 2 is 1.68 bits per heavy atom. The van der Waals surface area contributed by atoms with Crippen LogP contribution in [-0.2, 0) is 11.2 Å². The van der Waals surface area contributed by atoms with Crippen molar-refractivity contribution in [1.29, 1.82) is 0 Å². The highest BCUT2D eigenvalue weighted by atomic mass is 35.5. The molecule has 0 aromatic heterocycles. The lowest BCUT2D eigenvalue weighted by Gasteiger charge is -2.11. The molecule has 1 N–H and O–H groups in total. The molecule has 5 heteroatoms. The van der Waals surface area contributed by atoms with Gasteiger partial charge in [-0.3, -0.25) is 4.79 Å². The van der Waals surface area contributed by atoms with Crippen molar-refractivity contribution in [1.82, 2.24) is 0 Å². The third-order valence-corrected chi connectivity index (χ3v) is 3.26. The van der Waals surface area contributed by atoms with E-state index in [0.717, 1.165) is 11.3 Å². The predicted molar refractivity (Wildman–Crippen MR) is 84.8 cm³/mol. The zero-order valence-corrected chi connectivity index (χ0v) is 12.8. The molecule has 0 amide bonds. The summed E-state index contributed by atoms with van der Waals surface area (Å²) >= 11 is 5.80. The maximum Gasteiger partial charge on any atom is 0.303 e. The zero-order valence-electron chi connectivity index (χ0n) is 12.0. The van der Waals surface area contributed by atoms with Gasteiger partial charge in [-0.1, -0.05) is 29.8 Å². The standard InChI is InChI=1S/C17H17ClO4/c18-14-6-8-15(9-7-14)21-11-12-22-16-4-2-1-3-13(16)5-10-17(19)20/h1-4,6-9H,5,10-12H2,(H,19,20). The zero-order chi connectivity index (χ0) is 15.8. The number of para-hydroxylation sites is 1. The molecular weight excluding hydrogens is 304 g/mol. The maximum atomic E-state index is 10.7. The maximum absolute atomic E-state index is 10.7. The highest BCUT2D eigenvalue weighted by Crippen LogP contribution is 2.20. The molecule has 0 atom stereocenters. The number of aliphatic carboxylic acids is 1. The number of hydrogen-bond donors (Lipinski definition) is 1. The lowest BCUT2D eigenvalue weighted by molar-refractivity contribution is -0.136. The first-order valence-corrected chi connectivity index (χ1v) is 7.34. The van der Waals surface area contributed by atoms with Crippen LogP contribution in [0.4, 0.5) is 0 Å². The van der Waals surface area contributed by atoms with Crippen LogP contribution in [0.2, 0.25) is 5.02 Å². The fraction of sp³-hybridized carbons (Fsp3) is 0.235. The number of carbonyl (C=O) groups is 1. The molecule has 0 radical (unpaired) electrons. The van der Waals surface area contributed by atoms with Crippen molar-refractivity contribution in [3.63, 3.8) is 0 Å². The molecule has 0 fully saturated rings. The van der Waals surface area contributed by atoms with Crippen molar-refractivity contribution in [3.8, 4) is 11.5 Å². The molecule has 0 aliphatic carbocycles. The molecule has 2 rings (SSSR count). The van der Waals surface area contributed by atoms with Gasteiger partial charge in [-0.2, -0.15) is 0 Å². The predicted octanol–water partition coefficient (Wildman–Crippen LogP) is 3.82. The van der Waals surface area contributed by atoms with Crippen LogP contribution in [0.5, 0.6) is 11.5 Å². The second-order valence-corrected chi connectivity index (χ2v) is 5.09. The molecule has 22 heavy (non-hydrogen) atoms. The fourth-order valence-electron chi connectivity index (χ4n) is 1.93. The number of carboxylic acid groups (broad SMARTS) is 1. The quantitative estimate of drug-likeness (QED) is 0.751. The number of ether oxygens (including phenoxy) is 2. The second kappa shape index (κ2) is 8.29. The van der Waals surface area contributed by atoms with Crippen LogP contribution in [0, 0.1) is 0 Å². The summed E-state index contributed by atoms with van der Waals surface area (Å²) in [4.78, 5) is 10.7. The van der Waals surface area contributed by atoms with Crippen LogP contribution in [0.1, 0.15) is 12.0 Å². The largest absolute Gasteiger partial charge is 0.490 e. The Morgan fingerprint density at radius 1 is 1.00 bits per heavy atom. The van der Waals surface area contributed by atoms with Crippen molar-refractivity contribution in [2.75, 3.05) is 13.2 Å². The van der Waals surface area contributed by atoms with E-state index in [9.17, 15) is 4.79 Å². The van der Waals surface area contributed by atoms with Crippen LogP contribution in [0.15, 0.2) is 48.5 Å². The number of aryl methyl sites for hydroxylation is 1. The first-order chi connectivity index (χ1) is 10.6. The molecule has 0 bridgehead atoms. The van der Waals surface area contributed by atoms with Gasteiger partial charge in [0.1, 0.15) is 24.7 Å². The van der Waals surface area contributed by atoms with Crippen molar-refractivity contribution in [2.24, 2.45) is 0 Å². The number of hydrogen-bond acceptors (Lipinski definition) is 3. The van der Waals surface area contributed by atoms with Crippen molar-refractivity contribution < 1.29 is 19.4 Å².